The molecule has 0 aliphatic rings. The minimum absolute atomic E-state index is 0.122. The van der Waals surface area contributed by atoms with Crippen LogP contribution in [0, 0.1) is 0 Å². The highest BCUT2D eigenvalue weighted by Crippen LogP contribution is 2.30. The van der Waals surface area contributed by atoms with Crippen LogP contribution in [0.3, 0.4) is 0 Å². The van der Waals surface area contributed by atoms with Gasteiger partial charge in [-0.05, 0) is 44.2 Å². The van der Waals surface area contributed by atoms with E-state index >= 15 is 0 Å². The number of ether oxygens (including phenoxy) is 2. The molecule has 3 rings (SSSR count). The first-order valence-electron chi connectivity index (χ1n) is 9.44. The lowest BCUT2D eigenvalue weighted by Crippen LogP contribution is -2.20. The van der Waals surface area contributed by atoms with Gasteiger partial charge in [0.05, 0.1) is 23.5 Å². The summed E-state index contributed by atoms with van der Waals surface area (Å²) in [6.07, 6.45) is -4.53. The Morgan fingerprint density at radius 3 is 2.60 bits per heavy atom. The Bertz CT molecular complexity index is 1100. The van der Waals surface area contributed by atoms with Gasteiger partial charge in [0.15, 0.2) is 4.80 Å². The summed E-state index contributed by atoms with van der Waals surface area (Å²) in [5.41, 5.74) is -0.230. The van der Waals surface area contributed by atoms with Crippen LogP contribution in [0.25, 0.3) is 10.2 Å². The van der Waals surface area contributed by atoms with E-state index < -0.39 is 17.6 Å². The third-order valence-corrected chi connectivity index (χ3v) is 5.30. The lowest BCUT2D eigenvalue weighted by molar-refractivity contribution is -0.137. The van der Waals surface area contributed by atoms with Crippen LogP contribution in [0.5, 0.6) is 5.75 Å². The number of halogens is 3. The molecule has 0 unspecified atom stereocenters. The maximum absolute atomic E-state index is 13.0. The zero-order chi connectivity index (χ0) is 21.7. The van der Waals surface area contributed by atoms with Crippen molar-refractivity contribution in [3.05, 3.63) is 58.4 Å². The number of para-hydroxylation sites is 1. The van der Waals surface area contributed by atoms with E-state index in [-0.39, 0.29) is 5.56 Å². The lowest BCUT2D eigenvalue weighted by atomic mass is 10.1. The van der Waals surface area contributed by atoms with Crippen molar-refractivity contribution < 1.29 is 27.4 Å². The fraction of sp³-hybridized carbons (Fsp3) is 0.333. The van der Waals surface area contributed by atoms with Gasteiger partial charge in [-0.25, -0.2) is 0 Å². The van der Waals surface area contributed by atoms with Crippen LogP contribution in [-0.2, 0) is 17.5 Å². The van der Waals surface area contributed by atoms with Crippen molar-refractivity contribution >= 4 is 27.5 Å². The van der Waals surface area contributed by atoms with Gasteiger partial charge in [-0.2, -0.15) is 18.2 Å². The van der Waals surface area contributed by atoms with Crippen molar-refractivity contribution in [3.63, 3.8) is 0 Å². The first kappa shape index (κ1) is 22.0. The summed E-state index contributed by atoms with van der Waals surface area (Å²) >= 11 is 1.27. The molecule has 0 bridgehead atoms. The molecule has 0 aliphatic carbocycles. The summed E-state index contributed by atoms with van der Waals surface area (Å²) in [5.74, 6) is -0.0912. The van der Waals surface area contributed by atoms with E-state index in [0.29, 0.717) is 36.9 Å². The van der Waals surface area contributed by atoms with Crippen LogP contribution in [0.15, 0.2) is 47.5 Å². The molecule has 0 spiro atoms. The number of benzene rings is 2. The summed E-state index contributed by atoms with van der Waals surface area (Å²) in [4.78, 5) is 17.2. The maximum Gasteiger partial charge on any atom is 0.416 e. The van der Waals surface area contributed by atoms with Crippen LogP contribution < -0.4 is 9.54 Å². The molecule has 1 amide bonds. The van der Waals surface area contributed by atoms with Crippen molar-refractivity contribution in [1.82, 2.24) is 4.57 Å². The normalized spacial score (nSPS) is 12.5. The number of alkyl halides is 3. The van der Waals surface area contributed by atoms with Crippen LogP contribution in [0.2, 0.25) is 0 Å². The largest absolute Gasteiger partial charge is 0.492 e. The number of rotatable bonds is 7. The molecule has 0 aliphatic heterocycles. The van der Waals surface area contributed by atoms with E-state index in [1.165, 1.54) is 23.5 Å². The van der Waals surface area contributed by atoms with Crippen molar-refractivity contribution in [2.24, 2.45) is 4.99 Å². The standard InChI is InChI=1S/C21H21F3N2O3S/c1-3-28-12-11-26-18-16(29-4-2)9-6-10-17(18)30-20(26)25-19(27)14-7-5-8-15(13-14)21(22,23)24/h5-10,13H,3-4,11-12H2,1-2H3. The second-order valence-electron chi connectivity index (χ2n) is 6.26. The first-order chi connectivity index (χ1) is 14.3. The number of carbonyl (C=O) groups is 1. The van der Waals surface area contributed by atoms with Crippen molar-refractivity contribution in [2.45, 2.75) is 26.6 Å². The van der Waals surface area contributed by atoms with Gasteiger partial charge < -0.3 is 14.0 Å². The van der Waals surface area contributed by atoms with Gasteiger partial charge in [0.25, 0.3) is 5.91 Å². The summed E-state index contributed by atoms with van der Waals surface area (Å²) < 4.78 is 52.8. The molecular weight excluding hydrogens is 417 g/mol. The Kier molecular flexibility index (Phi) is 6.94. The molecule has 5 nitrogen and oxygen atoms in total. The van der Waals surface area contributed by atoms with Gasteiger partial charge in [-0.3, -0.25) is 4.79 Å². The topological polar surface area (TPSA) is 52.8 Å². The van der Waals surface area contributed by atoms with E-state index in [0.717, 1.165) is 22.3 Å². The molecule has 0 saturated carbocycles. The highest BCUT2D eigenvalue weighted by Gasteiger charge is 2.30. The molecule has 0 atom stereocenters. The van der Waals surface area contributed by atoms with Gasteiger partial charge in [-0.15, -0.1) is 0 Å². The molecule has 0 fully saturated rings. The van der Waals surface area contributed by atoms with Crippen molar-refractivity contribution in [3.8, 4) is 5.75 Å². The Morgan fingerprint density at radius 1 is 1.13 bits per heavy atom. The van der Waals surface area contributed by atoms with Gasteiger partial charge >= 0.3 is 6.18 Å². The third-order valence-electron chi connectivity index (χ3n) is 4.26. The molecule has 0 N–H and O–H groups in total. The highest BCUT2D eigenvalue weighted by molar-refractivity contribution is 7.16. The SMILES string of the molecule is CCOCCn1c(=NC(=O)c2cccc(C(F)(F)F)c2)sc2cccc(OCC)c21. The molecule has 1 aromatic heterocycles. The van der Waals surface area contributed by atoms with E-state index in [9.17, 15) is 18.0 Å². The summed E-state index contributed by atoms with van der Waals surface area (Å²) in [5, 5.41) is 0. The molecule has 1 heterocycles. The molecule has 30 heavy (non-hydrogen) atoms. The minimum atomic E-state index is -4.53. The zero-order valence-electron chi connectivity index (χ0n) is 16.5. The number of carbonyl (C=O) groups excluding carboxylic acids is 1. The Balaban J connectivity index is 2.10. The first-order valence-corrected chi connectivity index (χ1v) is 10.3. The lowest BCUT2D eigenvalue weighted by Gasteiger charge is -2.10. The molecule has 3 aromatic rings. The highest BCUT2D eigenvalue weighted by atomic mass is 32.1. The van der Waals surface area contributed by atoms with Crippen LogP contribution in [0.4, 0.5) is 13.2 Å². The molecule has 160 valence electrons. The van der Waals surface area contributed by atoms with Gasteiger partial charge in [-0.1, -0.05) is 23.5 Å². The predicted octanol–water partition coefficient (Wildman–Crippen LogP) is 4.90. The molecule has 2 aromatic carbocycles. The monoisotopic (exact) mass is 438 g/mol. The van der Waals surface area contributed by atoms with E-state index in [1.807, 2.05) is 36.6 Å². The van der Waals surface area contributed by atoms with E-state index in [4.69, 9.17) is 9.47 Å². The second kappa shape index (κ2) is 9.44. The average Bonchev–Trinajstić information content (AvgIpc) is 3.06. The number of nitrogens with zero attached hydrogens (tertiary/aromatic N) is 2. The predicted molar refractivity (Wildman–Crippen MR) is 109 cm³/mol. The number of hydrogen-bond acceptors (Lipinski definition) is 4. The van der Waals surface area contributed by atoms with E-state index in [1.54, 1.807) is 0 Å². The van der Waals surface area contributed by atoms with Crippen LogP contribution in [0.1, 0.15) is 29.8 Å². The Hall–Kier alpha value is -2.65. The number of hydrogen-bond donors (Lipinski definition) is 0. The second-order valence-corrected chi connectivity index (χ2v) is 7.27. The number of aromatic nitrogens is 1. The van der Waals surface area contributed by atoms with Gasteiger partial charge in [0, 0.05) is 18.7 Å². The quantitative estimate of drug-likeness (QED) is 0.493. The summed E-state index contributed by atoms with van der Waals surface area (Å²) in [6.45, 7) is 5.58. The average molecular weight is 438 g/mol. The smallest absolute Gasteiger partial charge is 0.416 e. The number of amides is 1. The molecule has 9 heteroatoms. The summed E-state index contributed by atoms with van der Waals surface area (Å²) in [6, 6.07) is 9.82. The Labute approximate surface area is 175 Å². The molecule has 0 radical (unpaired) electrons. The van der Waals surface area contributed by atoms with Crippen molar-refractivity contribution in [1.29, 1.82) is 0 Å². The Morgan fingerprint density at radius 2 is 1.90 bits per heavy atom. The fourth-order valence-electron chi connectivity index (χ4n) is 2.94. The van der Waals surface area contributed by atoms with Crippen molar-refractivity contribution in [2.75, 3.05) is 19.8 Å². The number of fused-ring (bicyclic) bond motifs is 1. The fourth-order valence-corrected chi connectivity index (χ4v) is 4.01. The van der Waals surface area contributed by atoms with Crippen LogP contribution >= 0.6 is 11.3 Å². The van der Waals surface area contributed by atoms with Gasteiger partial charge in [0.2, 0.25) is 0 Å². The van der Waals surface area contributed by atoms with Crippen LogP contribution in [-0.4, -0.2) is 30.3 Å². The minimum Gasteiger partial charge on any atom is -0.492 e. The van der Waals surface area contributed by atoms with Gasteiger partial charge in [0.1, 0.15) is 11.3 Å². The van der Waals surface area contributed by atoms with E-state index in [2.05, 4.69) is 4.99 Å². The molecular formula is C21H21F3N2O3S. The number of thiazole rings is 1. The summed E-state index contributed by atoms with van der Waals surface area (Å²) in [7, 11) is 0. The molecule has 0 saturated heterocycles. The third kappa shape index (κ3) is 4.91. The maximum atomic E-state index is 13.0. The zero-order valence-corrected chi connectivity index (χ0v) is 17.3.